The molecule has 1 rings (SSSR count). The predicted octanol–water partition coefficient (Wildman–Crippen LogP) is 1.93. The van der Waals surface area contributed by atoms with Crippen LogP contribution in [0.2, 0.25) is 0 Å². The maximum Gasteiger partial charge on any atom is 0.220 e. The Balaban J connectivity index is 3.19. The number of nitrogens with zero attached hydrogens (tertiary/aromatic N) is 2. The SMILES string of the molecule is CCC(=O)C(F)C(=O)c1ccc(C#N)cc1C#N. The van der Waals surface area contributed by atoms with Crippen LogP contribution in [0.1, 0.15) is 34.8 Å². The van der Waals surface area contributed by atoms with Crippen molar-refractivity contribution in [1.82, 2.24) is 0 Å². The number of carbonyl (C=O) groups is 2. The number of benzene rings is 1. The second-order valence-electron chi connectivity index (χ2n) is 3.53. The first-order chi connectivity index (χ1) is 8.54. The van der Waals surface area contributed by atoms with Crippen LogP contribution in [0.4, 0.5) is 4.39 Å². The van der Waals surface area contributed by atoms with Crippen LogP contribution < -0.4 is 0 Å². The van der Waals surface area contributed by atoms with E-state index < -0.39 is 17.7 Å². The summed E-state index contributed by atoms with van der Waals surface area (Å²) in [7, 11) is 0. The second-order valence-corrected chi connectivity index (χ2v) is 3.53. The van der Waals surface area contributed by atoms with E-state index in [-0.39, 0.29) is 23.1 Å². The molecule has 0 aliphatic heterocycles. The number of ketones is 2. The lowest BCUT2D eigenvalue weighted by Crippen LogP contribution is -2.25. The Bertz CT molecular complexity index is 582. The minimum atomic E-state index is -2.25. The van der Waals surface area contributed by atoms with Crippen LogP contribution >= 0.6 is 0 Å². The van der Waals surface area contributed by atoms with Gasteiger partial charge in [0.05, 0.1) is 23.3 Å². The van der Waals surface area contributed by atoms with Crippen molar-refractivity contribution < 1.29 is 14.0 Å². The van der Waals surface area contributed by atoms with Gasteiger partial charge in [-0.25, -0.2) is 4.39 Å². The highest BCUT2D eigenvalue weighted by Crippen LogP contribution is 2.15. The highest BCUT2D eigenvalue weighted by atomic mass is 19.1. The third-order valence-electron chi connectivity index (χ3n) is 2.40. The lowest BCUT2D eigenvalue weighted by molar-refractivity contribution is -0.121. The van der Waals surface area contributed by atoms with Crippen LogP contribution in [0.15, 0.2) is 18.2 Å². The molecule has 1 unspecified atom stereocenters. The quantitative estimate of drug-likeness (QED) is 0.598. The Morgan fingerprint density at radius 1 is 1.33 bits per heavy atom. The monoisotopic (exact) mass is 244 g/mol. The van der Waals surface area contributed by atoms with Gasteiger partial charge in [-0.15, -0.1) is 0 Å². The molecule has 0 aromatic heterocycles. The summed E-state index contributed by atoms with van der Waals surface area (Å²) in [6.07, 6.45) is -2.35. The van der Waals surface area contributed by atoms with E-state index in [9.17, 15) is 14.0 Å². The van der Waals surface area contributed by atoms with Gasteiger partial charge in [-0.3, -0.25) is 9.59 Å². The Morgan fingerprint density at radius 3 is 2.50 bits per heavy atom. The van der Waals surface area contributed by atoms with Gasteiger partial charge < -0.3 is 0 Å². The lowest BCUT2D eigenvalue weighted by Gasteiger charge is -2.06. The van der Waals surface area contributed by atoms with Gasteiger partial charge in [0.1, 0.15) is 0 Å². The van der Waals surface area contributed by atoms with Crippen molar-refractivity contribution in [2.24, 2.45) is 0 Å². The van der Waals surface area contributed by atoms with E-state index in [2.05, 4.69) is 0 Å². The van der Waals surface area contributed by atoms with Crippen molar-refractivity contribution in [3.05, 3.63) is 34.9 Å². The van der Waals surface area contributed by atoms with Gasteiger partial charge in [-0.05, 0) is 18.2 Å². The maximum absolute atomic E-state index is 13.5. The molecule has 0 fully saturated rings. The van der Waals surface area contributed by atoms with Crippen molar-refractivity contribution in [2.75, 3.05) is 0 Å². The zero-order valence-corrected chi connectivity index (χ0v) is 9.61. The molecule has 5 heteroatoms. The van der Waals surface area contributed by atoms with E-state index in [0.29, 0.717) is 0 Å². The van der Waals surface area contributed by atoms with Crippen LogP contribution in [0.3, 0.4) is 0 Å². The third-order valence-corrected chi connectivity index (χ3v) is 2.40. The molecule has 0 aliphatic carbocycles. The zero-order chi connectivity index (χ0) is 13.7. The first-order valence-electron chi connectivity index (χ1n) is 5.20. The summed E-state index contributed by atoms with van der Waals surface area (Å²) in [4.78, 5) is 22.8. The topological polar surface area (TPSA) is 81.7 Å². The van der Waals surface area contributed by atoms with Crippen LogP contribution in [-0.4, -0.2) is 17.7 Å². The summed E-state index contributed by atoms with van der Waals surface area (Å²) in [5, 5.41) is 17.5. The summed E-state index contributed by atoms with van der Waals surface area (Å²) < 4.78 is 13.5. The van der Waals surface area contributed by atoms with E-state index in [1.807, 2.05) is 6.07 Å². The third kappa shape index (κ3) is 2.58. The molecular weight excluding hydrogens is 235 g/mol. The first-order valence-corrected chi connectivity index (χ1v) is 5.20. The number of Topliss-reactive ketones (excluding diaryl/α,β-unsaturated/α-hetero) is 2. The molecule has 0 saturated heterocycles. The predicted molar refractivity (Wildman–Crippen MR) is 60.4 cm³/mol. The van der Waals surface area contributed by atoms with Crippen LogP contribution in [0, 0.1) is 22.7 Å². The summed E-state index contributed by atoms with van der Waals surface area (Å²) in [6, 6.07) is 7.20. The lowest BCUT2D eigenvalue weighted by atomic mass is 9.97. The molecule has 1 atom stereocenters. The van der Waals surface area contributed by atoms with Crippen molar-refractivity contribution in [3.8, 4) is 12.1 Å². The second kappa shape index (κ2) is 5.70. The number of carbonyl (C=O) groups excluding carboxylic acids is 2. The van der Waals surface area contributed by atoms with Gasteiger partial charge in [0, 0.05) is 12.0 Å². The Morgan fingerprint density at radius 2 is 2.00 bits per heavy atom. The Hall–Kier alpha value is -2.53. The van der Waals surface area contributed by atoms with E-state index >= 15 is 0 Å². The molecule has 0 bridgehead atoms. The summed E-state index contributed by atoms with van der Waals surface area (Å²) >= 11 is 0. The number of halogens is 1. The number of nitriles is 2. The molecule has 1 aromatic rings. The van der Waals surface area contributed by atoms with Crippen molar-refractivity contribution in [2.45, 2.75) is 19.5 Å². The van der Waals surface area contributed by atoms with Crippen LogP contribution in [0.25, 0.3) is 0 Å². The van der Waals surface area contributed by atoms with Crippen LogP contribution in [0.5, 0.6) is 0 Å². The average Bonchev–Trinajstić information content (AvgIpc) is 2.43. The number of hydrogen-bond donors (Lipinski definition) is 0. The minimum absolute atomic E-state index is 0.0922. The highest BCUT2D eigenvalue weighted by molar-refractivity contribution is 6.14. The van der Waals surface area contributed by atoms with Gasteiger partial charge in [0.15, 0.2) is 5.78 Å². The van der Waals surface area contributed by atoms with Crippen molar-refractivity contribution in [3.63, 3.8) is 0 Å². The zero-order valence-electron chi connectivity index (χ0n) is 9.61. The van der Waals surface area contributed by atoms with Gasteiger partial charge in [-0.1, -0.05) is 6.92 Å². The summed E-state index contributed by atoms with van der Waals surface area (Å²) in [6.45, 7) is 1.45. The Kier molecular flexibility index (Phi) is 4.28. The smallest absolute Gasteiger partial charge is 0.220 e. The molecule has 0 aliphatic rings. The molecule has 90 valence electrons. The molecule has 18 heavy (non-hydrogen) atoms. The van der Waals surface area contributed by atoms with Gasteiger partial charge in [0.25, 0.3) is 0 Å². The van der Waals surface area contributed by atoms with Gasteiger partial charge in [0.2, 0.25) is 12.0 Å². The maximum atomic E-state index is 13.5. The molecule has 0 saturated carbocycles. The largest absolute Gasteiger partial charge is 0.296 e. The molecule has 0 radical (unpaired) electrons. The van der Waals surface area contributed by atoms with Crippen molar-refractivity contribution >= 4 is 11.6 Å². The van der Waals surface area contributed by atoms with E-state index in [0.717, 1.165) is 0 Å². The minimum Gasteiger partial charge on any atom is -0.296 e. The number of hydrogen-bond acceptors (Lipinski definition) is 4. The fourth-order valence-corrected chi connectivity index (χ4v) is 1.38. The standard InChI is InChI=1S/C13H9FN2O2/c1-2-11(17)12(14)13(18)10-4-3-8(6-15)5-9(10)7-16/h3-5,12H,2H2,1H3. The number of alkyl halides is 1. The van der Waals surface area contributed by atoms with Gasteiger partial charge >= 0.3 is 0 Å². The highest BCUT2D eigenvalue weighted by Gasteiger charge is 2.27. The van der Waals surface area contributed by atoms with Crippen molar-refractivity contribution in [1.29, 1.82) is 10.5 Å². The van der Waals surface area contributed by atoms with Crippen LogP contribution in [-0.2, 0) is 4.79 Å². The molecule has 4 nitrogen and oxygen atoms in total. The van der Waals surface area contributed by atoms with E-state index in [1.54, 1.807) is 6.07 Å². The summed E-state index contributed by atoms with van der Waals surface area (Å²) in [5.41, 5.74) is -0.0864. The molecule has 0 N–H and O–H groups in total. The molecular formula is C13H9FN2O2. The normalized spacial score (nSPS) is 11.1. The number of rotatable bonds is 4. The molecule has 0 spiro atoms. The molecule has 1 aromatic carbocycles. The van der Waals surface area contributed by atoms with E-state index in [4.69, 9.17) is 10.5 Å². The van der Waals surface area contributed by atoms with Gasteiger partial charge in [-0.2, -0.15) is 10.5 Å². The average molecular weight is 244 g/mol. The van der Waals surface area contributed by atoms with E-state index in [1.165, 1.54) is 25.1 Å². The Labute approximate surface area is 103 Å². The fourth-order valence-electron chi connectivity index (χ4n) is 1.38. The molecule has 0 heterocycles. The fraction of sp³-hybridized carbons (Fsp3) is 0.231. The summed E-state index contributed by atoms with van der Waals surface area (Å²) in [5.74, 6) is -1.86. The molecule has 0 amide bonds. The first kappa shape index (κ1) is 13.5.